The molecule has 2 aromatic carbocycles. The molecule has 1 fully saturated rings. The number of methoxy groups -OCH3 is 1. The van der Waals surface area contributed by atoms with Crippen LogP contribution in [0.3, 0.4) is 0 Å². The number of rotatable bonds is 8. The normalized spacial score (nSPS) is 15.6. The number of aliphatic hydroxyl groups excluding tert-OH is 1. The highest BCUT2D eigenvalue weighted by molar-refractivity contribution is 5.88. The Morgan fingerprint density at radius 3 is 2.48 bits per heavy atom. The number of ether oxygens (including phenoxy) is 2. The second kappa shape index (κ2) is 10.1. The zero-order chi connectivity index (χ0) is 20.6. The molecule has 1 heterocycles. The average Bonchev–Trinajstić information content (AvgIpc) is 2.73. The number of carbonyl (C=O) groups excluding carboxylic acids is 1. The van der Waals surface area contributed by atoms with Crippen molar-refractivity contribution >= 4 is 17.3 Å². The lowest BCUT2D eigenvalue weighted by molar-refractivity contribution is -0.114. The maximum absolute atomic E-state index is 11.0. The van der Waals surface area contributed by atoms with Gasteiger partial charge in [-0.2, -0.15) is 0 Å². The predicted octanol–water partition coefficient (Wildman–Crippen LogP) is 2.22. The Morgan fingerprint density at radius 1 is 1.10 bits per heavy atom. The van der Waals surface area contributed by atoms with Crippen molar-refractivity contribution in [2.75, 3.05) is 56.7 Å². The molecule has 2 N–H and O–H groups in total. The van der Waals surface area contributed by atoms with Crippen molar-refractivity contribution in [2.45, 2.75) is 13.0 Å². The lowest BCUT2D eigenvalue weighted by Crippen LogP contribution is -2.49. The number of benzene rings is 2. The summed E-state index contributed by atoms with van der Waals surface area (Å²) in [5.41, 5.74) is 1.88. The van der Waals surface area contributed by atoms with Crippen LogP contribution in [-0.2, 0) is 4.79 Å². The molecule has 1 atom stereocenters. The van der Waals surface area contributed by atoms with Gasteiger partial charge in [-0.3, -0.25) is 9.69 Å². The highest BCUT2D eigenvalue weighted by Gasteiger charge is 2.20. The molecule has 2 aromatic rings. The van der Waals surface area contributed by atoms with Crippen LogP contribution in [0.4, 0.5) is 11.4 Å². The highest BCUT2D eigenvalue weighted by atomic mass is 16.5. The minimum absolute atomic E-state index is 0.111. The fourth-order valence-electron chi connectivity index (χ4n) is 3.38. The van der Waals surface area contributed by atoms with Crippen molar-refractivity contribution in [1.82, 2.24) is 4.90 Å². The van der Waals surface area contributed by atoms with Gasteiger partial charge in [0.15, 0.2) is 0 Å². The van der Waals surface area contributed by atoms with E-state index >= 15 is 0 Å². The number of hydrogen-bond acceptors (Lipinski definition) is 6. The van der Waals surface area contributed by atoms with Crippen LogP contribution in [-0.4, -0.2) is 68.5 Å². The summed E-state index contributed by atoms with van der Waals surface area (Å²) < 4.78 is 11.0. The molecule has 1 aliphatic heterocycles. The van der Waals surface area contributed by atoms with Gasteiger partial charge in [-0.05, 0) is 36.4 Å². The molecule has 7 nitrogen and oxygen atoms in total. The second-order valence-corrected chi connectivity index (χ2v) is 7.16. The van der Waals surface area contributed by atoms with Crippen molar-refractivity contribution in [3.05, 3.63) is 48.5 Å². The van der Waals surface area contributed by atoms with Crippen molar-refractivity contribution in [3.63, 3.8) is 0 Å². The maximum atomic E-state index is 11.0. The number of hydrogen-bond donors (Lipinski definition) is 2. The molecule has 1 amide bonds. The van der Waals surface area contributed by atoms with E-state index in [-0.39, 0.29) is 12.5 Å². The SMILES string of the molecule is COc1cccc(N2CCN(C[C@H](O)COc3ccc(NC(C)=O)cc3)CC2)c1. The minimum atomic E-state index is -0.562. The van der Waals surface area contributed by atoms with Crippen molar-refractivity contribution in [1.29, 1.82) is 0 Å². The van der Waals surface area contributed by atoms with Crippen molar-refractivity contribution < 1.29 is 19.4 Å². The molecule has 0 unspecified atom stereocenters. The van der Waals surface area contributed by atoms with E-state index in [1.54, 1.807) is 31.4 Å². The zero-order valence-corrected chi connectivity index (χ0v) is 17.0. The molecule has 0 radical (unpaired) electrons. The summed E-state index contributed by atoms with van der Waals surface area (Å²) >= 11 is 0. The van der Waals surface area contributed by atoms with Gasteiger partial charge in [0, 0.05) is 57.1 Å². The van der Waals surface area contributed by atoms with E-state index in [1.807, 2.05) is 12.1 Å². The first kappa shape index (κ1) is 21.0. The van der Waals surface area contributed by atoms with E-state index in [4.69, 9.17) is 9.47 Å². The molecule has 156 valence electrons. The van der Waals surface area contributed by atoms with Crippen molar-refractivity contribution in [2.24, 2.45) is 0 Å². The molecule has 0 aliphatic carbocycles. The molecule has 0 spiro atoms. The summed E-state index contributed by atoms with van der Waals surface area (Å²) in [5.74, 6) is 1.42. The monoisotopic (exact) mass is 399 g/mol. The van der Waals surface area contributed by atoms with Crippen molar-refractivity contribution in [3.8, 4) is 11.5 Å². The molecular weight excluding hydrogens is 370 g/mol. The maximum Gasteiger partial charge on any atom is 0.221 e. The molecule has 1 aliphatic rings. The van der Waals surface area contributed by atoms with Crippen LogP contribution in [0.15, 0.2) is 48.5 Å². The molecule has 0 saturated carbocycles. The standard InChI is InChI=1S/C22H29N3O4/c1-17(26)23-18-6-8-21(9-7-18)29-16-20(27)15-24-10-12-25(13-11-24)19-4-3-5-22(14-19)28-2/h3-9,14,20,27H,10-13,15-16H2,1-2H3,(H,23,26)/t20-/m0/s1. The van der Waals surface area contributed by atoms with Crippen LogP contribution >= 0.6 is 0 Å². The zero-order valence-electron chi connectivity index (χ0n) is 17.0. The second-order valence-electron chi connectivity index (χ2n) is 7.16. The Kier molecular flexibility index (Phi) is 7.32. The predicted molar refractivity (Wildman–Crippen MR) is 114 cm³/mol. The fourth-order valence-corrected chi connectivity index (χ4v) is 3.38. The summed E-state index contributed by atoms with van der Waals surface area (Å²) in [6.07, 6.45) is -0.562. The van der Waals surface area contributed by atoms with E-state index in [9.17, 15) is 9.90 Å². The minimum Gasteiger partial charge on any atom is -0.497 e. The lowest BCUT2D eigenvalue weighted by atomic mass is 10.2. The van der Waals surface area contributed by atoms with Crippen LogP contribution in [0.25, 0.3) is 0 Å². The van der Waals surface area contributed by atoms with Gasteiger partial charge in [0.05, 0.1) is 7.11 Å². The number of amides is 1. The van der Waals surface area contributed by atoms with E-state index in [0.717, 1.165) is 43.3 Å². The quantitative estimate of drug-likeness (QED) is 0.709. The molecular formula is C22H29N3O4. The van der Waals surface area contributed by atoms with Gasteiger partial charge in [-0.1, -0.05) is 6.07 Å². The van der Waals surface area contributed by atoms with E-state index in [0.29, 0.717) is 12.3 Å². The first-order valence-corrected chi connectivity index (χ1v) is 9.83. The van der Waals surface area contributed by atoms with Crippen LogP contribution in [0.2, 0.25) is 0 Å². The fraction of sp³-hybridized carbons (Fsp3) is 0.409. The Hall–Kier alpha value is -2.77. The summed E-state index contributed by atoms with van der Waals surface area (Å²) in [5, 5.41) is 13.0. The smallest absolute Gasteiger partial charge is 0.221 e. The van der Waals surface area contributed by atoms with E-state index in [1.165, 1.54) is 6.92 Å². The number of nitrogens with one attached hydrogen (secondary N) is 1. The summed E-state index contributed by atoms with van der Waals surface area (Å²) in [6.45, 7) is 5.87. The number of anilines is 2. The van der Waals surface area contributed by atoms with Crippen LogP contribution in [0.1, 0.15) is 6.92 Å². The van der Waals surface area contributed by atoms with Gasteiger partial charge in [0.2, 0.25) is 5.91 Å². The van der Waals surface area contributed by atoms with E-state index < -0.39 is 6.10 Å². The summed E-state index contributed by atoms with van der Waals surface area (Å²) in [6, 6.07) is 15.2. The van der Waals surface area contributed by atoms with Gasteiger partial charge in [0.25, 0.3) is 0 Å². The average molecular weight is 399 g/mol. The summed E-state index contributed by atoms with van der Waals surface area (Å²) in [7, 11) is 1.68. The Balaban J connectivity index is 1.40. The largest absolute Gasteiger partial charge is 0.497 e. The van der Waals surface area contributed by atoms with Gasteiger partial charge < -0.3 is 24.8 Å². The third-order valence-corrected chi connectivity index (χ3v) is 4.88. The molecule has 0 aromatic heterocycles. The first-order chi connectivity index (χ1) is 14.0. The molecule has 7 heteroatoms. The topological polar surface area (TPSA) is 74.3 Å². The van der Waals surface area contributed by atoms with E-state index in [2.05, 4.69) is 27.2 Å². The van der Waals surface area contributed by atoms with Gasteiger partial charge in [0.1, 0.15) is 24.2 Å². The third kappa shape index (κ3) is 6.37. The molecule has 1 saturated heterocycles. The highest BCUT2D eigenvalue weighted by Crippen LogP contribution is 2.22. The van der Waals surface area contributed by atoms with Crippen LogP contribution < -0.4 is 19.7 Å². The third-order valence-electron chi connectivity index (χ3n) is 4.88. The molecule has 0 bridgehead atoms. The lowest BCUT2D eigenvalue weighted by Gasteiger charge is -2.37. The number of nitrogens with zero attached hydrogens (tertiary/aromatic N) is 2. The van der Waals surface area contributed by atoms with Crippen LogP contribution in [0, 0.1) is 0 Å². The number of piperazine rings is 1. The van der Waals surface area contributed by atoms with Crippen LogP contribution in [0.5, 0.6) is 11.5 Å². The van der Waals surface area contributed by atoms with Gasteiger partial charge in [-0.25, -0.2) is 0 Å². The molecule has 29 heavy (non-hydrogen) atoms. The molecule has 3 rings (SSSR count). The Morgan fingerprint density at radius 2 is 1.83 bits per heavy atom. The Bertz CT molecular complexity index is 789. The number of β-amino-alcohol motifs (C(OH)–C–C–N with tert-alkyl or cyclic N) is 1. The summed E-state index contributed by atoms with van der Waals surface area (Å²) in [4.78, 5) is 15.6. The van der Waals surface area contributed by atoms with Gasteiger partial charge in [-0.15, -0.1) is 0 Å². The number of aliphatic hydroxyl groups is 1. The number of carbonyl (C=O) groups is 1. The van der Waals surface area contributed by atoms with Gasteiger partial charge >= 0.3 is 0 Å². The first-order valence-electron chi connectivity index (χ1n) is 9.83. The Labute approximate surface area is 171 Å².